The molecule has 0 fully saturated rings. The van der Waals surface area contributed by atoms with Gasteiger partial charge in [-0.15, -0.1) is 0 Å². The van der Waals surface area contributed by atoms with E-state index in [9.17, 15) is 0 Å². The van der Waals surface area contributed by atoms with Crippen molar-refractivity contribution in [1.82, 2.24) is 0 Å². The summed E-state index contributed by atoms with van der Waals surface area (Å²) in [5.41, 5.74) is 0. The van der Waals surface area contributed by atoms with Crippen LogP contribution >= 0.6 is 0 Å². The average Bonchev–Trinajstić information content (AvgIpc) is 2.76. The molecule has 0 aromatic carbocycles. The Morgan fingerprint density at radius 1 is 0.367 bits per heavy atom. The summed E-state index contributed by atoms with van der Waals surface area (Å²) in [6.07, 6.45) is 42.0. The second-order valence-electron chi connectivity index (χ2n) is 9.70. The molecule has 0 aromatic rings. The predicted molar refractivity (Wildman–Crippen MR) is 140 cm³/mol. The van der Waals surface area contributed by atoms with Crippen LogP contribution in [0.4, 0.5) is 0 Å². The van der Waals surface area contributed by atoms with Gasteiger partial charge in [0.25, 0.3) is 0 Å². The maximum absolute atomic E-state index is 3.92. The van der Waals surface area contributed by atoms with E-state index in [-0.39, 0.29) is 0 Å². The summed E-state index contributed by atoms with van der Waals surface area (Å²) in [6, 6.07) is 0. The van der Waals surface area contributed by atoms with Gasteiger partial charge < -0.3 is 0 Å². The van der Waals surface area contributed by atoms with Gasteiger partial charge in [0.15, 0.2) is 0 Å². The topological polar surface area (TPSA) is 0 Å². The van der Waals surface area contributed by atoms with Gasteiger partial charge in [-0.05, 0) is 19.8 Å². The highest BCUT2D eigenvalue weighted by Gasteiger charge is 1.96. The summed E-state index contributed by atoms with van der Waals surface area (Å²) >= 11 is 0. The highest BCUT2D eigenvalue weighted by Crippen LogP contribution is 2.15. The van der Waals surface area contributed by atoms with Gasteiger partial charge in [-0.25, -0.2) is 0 Å². The maximum Gasteiger partial charge on any atom is -0.0351 e. The van der Waals surface area contributed by atoms with E-state index in [1.807, 2.05) is 0 Å². The van der Waals surface area contributed by atoms with Crippen molar-refractivity contribution in [2.45, 2.75) is 174 Å². The Morgan fingerprint density at radius 3 is 0.833 bits per heavy atom. The quantitative estimate of drug-likeness (QED) is 0.0965. The normalized spacial score (nSPS) is 11.7. The molecule has 0 heteroatoms. The third kappa shape index (κ3) is 27.7. The zero-order valence-corrected chi connectivity index (χ0v) is 21.2. The lowest BCUT2D eigenvalue weighted by Crippen LogP contribution is -1.84. The van der Waals surface area contributed by atoms with Crippen molar-refractivity contribution in [3.63, 3.8) is 0 Å². The van der Waals surface area contributed by atoms with Gasteiger partial charge in [0.05, 0.1) is 0 Å². The molecule has 0 aromatic heterocycles. The molecule has 0 N–H and O–H groups in total. The second-order valence-corrected chi connectivity index (χ2v) is 9.70. The fraction of sp³-hybridized carbons (Fsp3) is 0.900. The SMILES string of the molecule is [CH2]CCCCCCCCCCCCCCCCCCCCCCCCCCC=CC. The second kappa shape index (κ2) is 28.7. The summed E-state index contributed by atoms with van der Waals surface area (Å²) in [7, 11) is 0. The summed E-state index contributed by atoms with van der Waals surface area (Å²) in [5.74, 6) is 0. The van der Waals surface area contributed by atoms with Gasteiger partial charge >= 0.3 is 0 Å². The van der Waals surface area contributed by atoms with Gasteiger partial charge in [-0.2, -0.15) is 0 Å². The van der Waals surface area contributed by atoms with E-state index < -0.39 is 0 Å². The monoisotopic (exact) mass is 419 g/mol. The molecule has 0 saturated heterocycles. The smallest absolute Gasteiger partial charge is 0.0351 e. The molecule has 0 spiro atoms. The average molecular weight is 420 g/mol. The largest absolute Gasteiger partial charge is 0.0917 e. The van der Waals surface area contributed by atoms with E-state index in [4.69, 9.17) is 0 Å². The Kier molecular flexibility index (Phi) is 28.5. The van der Waals surface area contributed by atoms with Crippen LogP contribution in [0.3, 0.4) is 0 Å². The van der Waals surface area contributed by atoms with E-state index in [1.165, 1.54) is 161 Å². The molecule has 0 saturated carbocycles. The summed E-state index contributed by atoms with van der Waals surface area (Å²) < 4.78 is 0. The fourth-order valence-corrected chi connectivity index (χ4v) is 4.49. The maximum atomic E-state index is 3.92. The Bertz CT molecular complexity index is 303. The number of hydrogen-bond acceptors (Lipinski definition) is 0. The third-order valence-corrected chi connectivity index (χ3v) is 6.61. The van der Waals surface area contributed by atoms with Crippen molar-refractivity contribution in [3.8, 4) is 0 Å². The van der Waals surface area contributed by atoms with Gasteiger partial charge in [0.2, 0.25) is 0 Å². The summed E-state index contributed by atoms with van der Waals surface area (Å²) in [6.45, 7) is 6.04. The Morgan fingerprint density at radius 2 is 0.600 bits per heavy atom. The number of rotatable bonds is 26. The van der Waals surface area contributed by atoms with E-state index in [2.05, 4.69) is 26.0 Å². The number of unbranched alkanes of at least 4 members (excludes halogenated alkanes) is 25. The Balaban J connectivity index is 2.99. The van der Waals surface area contributed by atoms with Crippen LogP contribution in [-0.2, 0) is 0 Å². The van der Waals surface area contributed by atoms with Gasteiger partial charge in [-0.3, -0.25) is 0 Å². The molecule has 0 heterocycles. The van der Waals surface area contributed by atoms with E-state index in [0.29, 0.717) is 0 Å². The molecule has 0 atom stereocenters. The first-order valence-corrected chi connectivity index (χ1v) is 14.3. The molecular formula is C30H59. The van der Waals surface area contributed by atoms with Crippen molar-refractivity contribution in [3.05, 3.63) is 19.1 Å². The van der Waals surface area contributed by atoms with Gasteiger partial charge in [-0.1, -0.05) is 173 Å². The zero-order valence-electron chi connectivity index (χ0n) is 21.2. The summed E-state index contributed by atoms with van der Waals surface area (Å²) in [5, 5.41) is 0. The van der Waals surface area contributed by atoms with Crippen LogP contribution in [0.15, 0.2) is 12.2 Å². The van der Waals surface area contributed by atoms with Crippen molar-refractivity contribution in [1.29, 1.82) is 0 Å². The molecule has 0 aliphatic rings. The first-order valence-electron chi connectivity index (χ1n) is 14.3. The van der Waals surface area contributed by atoms with Crippen LogP contribution in [0.1, 0.15) is 174 Å². The minimum absolute atomic E-state index is 1.12. The highest BCUT2D eigenvalue weighted by atomic mass is 14.0. The third-order valence-electron chi connectivity index (χ3n) is 6.61. The molecule has 0 nitrogen and oxygen atoms in total. The lowest BCUT2D eigenvalue weighted by atomic mass is 10.0. The molecular weight excluding hydrogens is 360 g/mol. The van der Waals surface area contributed by atoms with Crippen LogP contribution < -0.4 is 0 Å². The lowest BCUT2D eigenvalue weighted by Gasteiger charge is -2.04. The molecule has 0 aliphatic carbocycles. The molecule has 1 radical (unpaired) electrons. The summed E-state index contributed by atoms with van der Waals surface area (Å²) in [4.78, 5) is 0. The van der Waals surface area contributed by atoms with Crippen LogP contribution in [0.25, 0.3) is 0 Å². The molecule has 179 valence electrons. The minimum atomic E-state index is 1.12. The molecule has 30 heavy (non-hydrogen) atoms. The van der Waals surface area contributed by atoms with Crippen molar-refractivity contribution in [2.24, 2.45) is 0 Å². The zero-order chi connectivity index (χ0) is 21.8. The highest BCUT2D eigenvalue weighted by molar-refractivity contribution is 4.76. The van der Waals surface area contributed by atoms with Crippen LogP contribution in [0, 0.1) is 6.92 Å². The Hall–Kier alpha value is -0.260. The molecule has 0 amide bonds. The predicted octanol–water partition coefficient (Wildman–Crippen LogP) is 11.5. The van der Waals surface area contributed by atoms with Crippen LogP contribution in [0.2, 0.25) is 0 Å². The molecule has 0 bridgehead atoms. The van der Waals surface area contributed by atoms with Crippen molar-refractivity contribution < 1.29 is 0 Å². The lowest BCUT2D eigenvalue weighted by molar-refractivity contribution is 0.516. The number of allylic oxidation sites excluding steroid dienone is 2. The first-order chi connectivity index (χ1) is 14.9. The van der Waals surface area contributed by atoms with Crippen molar-refractivity contribution >= 4 is 0 Å². The van der Waals surface area contributed by atoms with Crippen LogP contribution in [0.5, 0.6) is 0 Å². The minimum Gasteiger partial charge on any atom is -0.0917 e. The van der Waals surface area contributed by atoms with Crippen molar-refractivity contribution in [2.75, 3.05) is 0 Å². The standard InChI is InChI=1S/C30H59/c1-3-5-7-9-11-13-15-17-19-21-23-25-27-29-30-28-26-24-22-20-18-16-14-12-10-8-6-4-2/h4,6H,1,3,5,7-30H2,2H3. The van der Waals surface area contributed by atoms with E-state index in [0.717, 1.165) is 6.42 Å². The fourth-order valence-electron chi connectivity index (χ4n) is 4.49. The molecule has 0 aliphatic heterocycles. The Labute approximate surface area is 193 Å². The van der Waals surface area contributed by atoms with E-state index in [1.54, 1.807) is 0 Å². The molecule has 0 rings (SSSR count). The first kappa shape index (κ1) is 29.7. The van der Waals surface area contributed by atoms with Gasteiger partial charge in [0.1, 0.15) is 0 Å². The van der Waals surface area contributed by atoms with Crippen LogP contribution in [-0.4, -0.2) is 0 Å². The van der Waals surface area contributed by atoms with E-state index >= 15 is 0 Å². The number of hydrogen-bond donors (Lipinski definition) is 0. The van der Waals surface area contributed by atoms with Gasteiger partial charge in [0, 0.05) is 0 Å². The molecule has 0 unspecified atom stereocenters.